The van der Waals surface area contributed by atoms with Crippen molar-refractivity contribution in [2.24, 2.45) is 0 Å². The number of nitrogens with zero attached hydrogens (tertiary/aromatic N) is 1. The molecule has 1 atom stereocenters. The second kappa shape index (κ2) is 6.49. The maximum absolute atomic E-state index is 12.3. The van der Waals surface area contributed by atoms with Gasteiger partial charge in [0.15, 0.2) is 0 Å². The van der Waals surface area contributed by atoms with Crippen LogP contribution in [0.2, 0.25) is 5.15 Å². The summed E-state index contributed by atoms with van der Waals surface area (Å²) in [7, 11) is 0. The fourth-order valence-corrected chi connectivity index (χ4v) is 3.14. The number of hydrogen-bond donors (Lipinski definition) is 1. The summed E-state index contributed by atoms with van der Waals surface area (Å²) in [6.07, 6.45) is 6.41. The average Bonchev–Trinajstić information content (AvgIpc) is 2.54. The molecule has 0 saturated carbocycles. The Morgan fingerprint density at radius 1 is 1.23 bits per heavy atom. The van der Waals surface area contributed by atoms with Crippen molar-refractivity contribution in [2.45, 2.75) is 38.6 Å². The van der Waals surface area contributed by atoms with E-state index in [-0.39, 0.29) is 17.1 Å². The van der Waals surface area contributed by atoms with Crippen LogP contribution < -0.4 is 5.32 Å². The van der Waals surface area contributed by atoms with E-state index in [9.17, 15) is 4.79 Å². The number of aromatic nitrogens is 1. The van der Waals surface area contributed by atoms with E-state index < -0.39 is 0 Å². The van der Waals surface area contributed by atoms with Gasteiger partial charge in [0.2, 0.25) is 0 Å². The molecule has 1 heterocycles. The summed E-state index contributed by atoms with van der Waals surface area (Å²) in [4.78, 5) is 16.2. The molecule has 0 radical (unpaired) electrons. The quantitative estimate of drug-likeness (QED) is 0.866. The van der Waals surface area contributed by atoms with Crippen LogP contribution in [-0.2, 0) is 12.8 Å². The largest absolute Gasteiger partial charge is 0.345 e. The van der Waals surface area contributed by atoms with Crippen molar-refractivity contribution in [3.05, 3.63) is 63.9 Å². The number of halogens is 1. The van der Waals surface area contributed by atoms with Crippen LogP contribution in [0.25, 0.3) is 0 Å². The normalized spacial score (nSPS) is 15.0. The van der Waals surface area contributed by atoms with Gasteiger partial charge in [-0.3, -0.25) is 4.79 Å². The lowest BCUT2D eigenvalue weighted by molar-refractivity contribution is 0.0939. The van der Waals surface area contributed by atoms with Crippen molar-refractivity contribution in [3.63, 3.8) is 0 Å². The van der Waals surface area contributed by atoms with Crippen LogP contribution in [0.1, 0.15) is 52.9 Å². The highest BCUT2D eigenvalue weighted by Gasteiger charge is 2.16. The SMILES string of the molecule is CC(NC(=O)c1cccnc1Cl)c1ccc2c(c1)CCCC2. The first-order chi connectivity index (χ1) is 10.6. The summed E-state index contributed by atoms with van der Waals surface area (Å²) >= 11 is 5.97. The zero-order valence-electron chi connectivity index (χ0n) is 12.6. The molecule has 1 aliphatic rings. The Morgan fingerprint density at radius 3 is 2.77 bits per heavy atom. The third kappa shape index (κ3) is 3.14. The topological polar surface area (TPSA) is 42.0 Å². The zero-order valence-corrected chi connectivity index (χ0v) is 13.4. The predicted octanol–water partition coefficient (Wildman–Crippen LogP) is 4.10. The van der Waals surface area contributed by atoms with Gasteiger partial charge < -0.3 is 5.32 Å². The monoisotopic (exact) mass is 314 g/mol. The van der Waals surface area contributed by atoms with Crippen molar-refractivity contribution >= 4 is 17.5 Å². The summed E-state index contributed by atoms with van der Waals surface area (Å²) in [6.45, 7) is 1.99. The number of rotatable bonds is 3. The maximum Gasteiger partial charge on any atom is 0.254 e. The third-order valence-corrected chi connectivity index (χ3v) is 4.53. The molecule has 1 unspecified atom stereocenters. The van der Waals surface area contributed by atoms with Crippen molar-refractivity contribution in [1.82, 2.24) is 10.3 Å². The number of carbonyl (C=O) groups is 1. The first-order valence-electron chi connectivity index (χ1n) is 7.68. The molecule has 1 N–H and O–H groups in total. The molecule has 4 heteroatoms. The molecular formula is C18H19ClN2O. The molecule has 114 valence electrons. The molecule has 0 fully saturated rings. The Labute approximate surface area is 135 Å². The second-order valence-electron chi connectivity index (χ2n) is 5.77. The molecular weight excluding hydrogens is 296 g/mol. The Bertz CT molecular complexity index is 699. The van der Waals surface area contributed by atoms with Gasteiger partial charge in [-0.15, -0.1) is 0 Å². The summed E-state index contributed by atoms with van der Waals surface area (Å²) in [5.74, 6) is -0.191. The number of benzene rings is 1. The van der Waals surface area contributed by atoms with E-state index in [0.717, 1.165) is 12.0 Å². The van der Waals surface area contributed by atoms with E-state index in [1.807, 2.05) is 6.92 Å². The van der Waals surface area contributed by atoms with Crippen LogP contribution in [0.3, 0.4) is 0 Å². The van der Waals surface area contributed by atoms with Gasteiger partial charge in [0.25, 0.3) is 5.91 Å². The van der Waals surface area contributed by atoms with Crippen LogP contribution >= 0.6 is 11.6 Å². The fraction of sp³-hybridized carbons (Fsp3) is 0.333. The molecule has 1 aromatic carbocycles. The maximum atomic E-state index is 12.3. The Balaban J connectivity index is 1.76. The van der Waals surface area contributed by atoms with Gasteiger partial charge in [-0.2, -0.15) is 0 Å². The fourth-order valence-electron chi connectivity index (χ4n) is 2.94. The van der Waals surface area contributed by atoms with Crippen LogP contribution in [0, 0.1) is 0 Å². The van der Waals surface area contributed by atoms with E-state index in [1.165, 1.54) is 30.4 Å². The average molecular weight is 315 g/mol. The number of aryl methyl sites for hydroxylation is 2. The highest BCUT2D eigenvalue weighted by molar-refractivity contribution is 6.32. The zero-order chi connectivity index (χ0) is 15.5. The van der Waals surface area contributed by atoms with Gasteiger partial charge in [0, 0.05) is 6.20 Å². The lowest BCUT2D eigenvalue weighted by Gasteiger charge is -2.20. The number of carbonyl (C=O) groups excluding carboxylic acids is 1. The molecule has 0 saturated heterocycles. The Morgan fingerprint density at radius 2 is 2.00 bits per heavy atom. The van der Waals surface area contributed by atoms with Crippen molar-refractivity contribution in [1.29, 1.82) is 0 Å². The Hall–Kier alpha value is -1.87. The third-order valence-electron chi connectivity index (χ3n) is 4.22. The minimum Gasteiger partial charge on any atom is -0.345 e. The first-order valence-corrected chi connectivity index (χ1v) is 8.06. The molecule has 22 heavy (non-hydrogen) atoms. The molecule has 0 aliphatic heterocycles. The van der Waals surface area contributed by atoms with Gasteiger partial charge >= 0.3 is 0 Å². The number of fused-ring (bicyclic) bond motifs is 1. The first kappa shape index (κ1) is 15.0. The van der Waals surface area contributed by atoms with Crippen molar-refractivity contribution in [2.75, 3.05) is 0 Å². The molecule has 1 aliphatic carbocycles. The van der Waals surface area contributed by atoms with Gasteiger partial charge in [-0.05, 0) is 61.4 Å². The molecule has 1 amide bonds. The van der Waals surface area contributed by atoms with E-state index in [4.69, 9.17) is 11.6 Å². The predicted molar refractivity (Wildman–Crippen MR) is 88.2 cm³/mol. The Kier molecular flexibility index (Phi) is 4.44. The number of hydrogen-bond acceptors (Lipinski definition) is 2. The van der Waals surface area contributed by atoms with Crippen molar-refractivity contribution < 1.29 is 4.79 Å². The standard InChI is InChI=1S/C18H19ClN2O/c1-12(21-18(22)16-7-4-10-20-17(16)19)14-9-8-13-5-2-3-6-15(13)11-14/h4,7-12H,2-3,5-6H2,1H3,(H,21,22). The summed E-state index contributed by atoms with van der Waals surface area (Å²) in [6, 6.07) is 9.87. The van der Waals surface area contributed by atoms with Crippen molar-refractivity contribution in [3.8, 4) is 0 Å². The second-order valence-corrected chi connectivity index (χ2v) is 6.13. The molecule has 0 spiro atoms. The van der Waals surface area contributed by atoms with Crippen LogP contribution in [0.5, 0.6) is 0 Å². The number of nitrogens with one attached hydrogen (secondary N) is 1. The lowest BCUT2D eigenvalue weighted by atomic mass is 9.89. The minimum absolute atomic E-state index is 0.0593. The van der Waals surface area contributed by atoms with E-state index in [0.29, 0.717) is 5.56 Å². The van der Waals surface area contributed by atoms with E-state index in [1.54, 1.807) is 18.3 Å². The summed E-state index contributed by atoms with van der Waals surface area (Å²) in [5, 5.41) is 3.23. The minimum atomic E-state index is -0.191. The smallest absolute Gasteiger partial charge is 0.254 e. The molecule has 2 aromatic rings. The van der Waals surface area contributed by atoms with Crippen LogP contribution in [0.15, 0.2) is 36.5 Å². The molecule has 3 rings (SSSR count). The van der Waals surface area contributed by atoms with E-state index in [2.05, 4.69) is 28.5 Å². The van der Waals surface area contributed by atoms with Gasteiger partial charge in [-0.25, -0.2) is 4.98 Å². The summed E-state index contributed by atoms with van der Waals surface area (Å²) in [5.41, 5.74) is 4.41. The van der Waals surface area contributed by atoms with Gasteiger partial charge in [0.1, 0.15) is 5.15 Å². The highest BCUT2D eigenvalue weighted by atomic mass is 35.5. The molecule has 0 bridgehead atoms. The van der Waals surface area contributed by atoms with Gasteiger partial charge in [-0.1, -0.05) is 29.8 Å². The highest BCUT2D eigenvalue weighted by Crippen LogP contribution is 2.25. The van der Waals surface area contributed by atoms with E-state index >= 15 is 0 Å². The molecule has 3 nitrogen and oxygen atoms in total. The number of amides is 1. The van der Waals surface area contributed by atoms with Crippen LogP contribution in [-0.4, -0.2) is 10.9 Å². The van der Waals surface area contributed by atoms with Gasteiger partial charge in [0.05, 0.1) is 11.6 Å². The lowest BCUT2D eigenvalue weighted by Crippen LogP contribution is -2.27. The number of pyridine rings is 1. The summed E-state index contributed by atoms with van der Waals surface area (Å²) < 4.78 is 0. The molecule has 1 aromatic heterocycles. The van der Waals surface area contributed by atoms with Crippen LogP contribution in [0.4, 0.5) is 0 Å².